The van der Waals surface area contributed by atoms with E-state index >= 15 is 0 Å². The van der Waals surface area contributed by atoms with Crippen molar-refractivity contribution in [2.75, 3.05) is 6.61 Å². The number of amides is 1. The van der Waals surface area contributed by atoms with E-state index in [9.17, 15) is 4.79 Å². The van der Waals surface area contributed by atoms with Gasteiger partial charge in [-0.25, -0.2) is 0 Å². The smallest absolute Gasteiger partial charge is 0.255 e. The van der Waals surface area contributed by atoms with Gasteiger partial charge in [0.15, 0.2) is 0 Å². The Balaban J connectivity index is 2.03. The average molecular weight is 283 g/mol. The predicted molar refractivity (Wildman–Crippen MR) is 79.7 cm³/mol. The van der Waals surface area contributed by atoms with Crippen molar-refractivity contribution in [2.24, 2.45) is 0 Å². The van der Waals surface area contributed by atoms with Crippen LogP contribution in [-0.4, -0.2) is 17.6 Å². The van der Waals surface area contributed by atoms with E-state index in [0.717, 1.165) is 11.1 Å². The fraction of sp³-hybridized carbons (Fsp3) is 0.235. The summed E-state index contributed by atoms with van der Waals surface area (Å²) in [6.07, 6.45) is 1.45. The maximum Gasteiger partial charge on any atom is 0.255 e. The molecular formula is C17H17NO3. The van der Waals surface area contributed by atoms with Crippen molar-refractivity contribution in [1.29, 1.82) is 0 Å². The first-order valence-corrected chi connectivity index (χ1v) is 6.66. The zero-order valence-corrected chi connectivity index (χ0v) is 12.0. The maximum absolute atomic E-state index is 12.0. The number of carbonyl (C=O) groups excluding carboxylic acids is 1. The molecule has 0 spiro atoms. The molecule has 1 amide bonds. The molecular weight excluding hydrogens is 266 g/mol. The lowest BCUT2D eigenvalue weighted by Crippen LogP contribution is -2.26. The number of aliphatic hydroxyl groups excluding tert-OH is 1. The molecule has 2 rings (SSSR count). The molecule has 4 heteroatoms. The minimum absolute atomic E-state index is 0.118. The van der Waals surface area contributed by atoms with Crippen LogP contribution in [0.15, 0.2) is 41.0 Å². The molecule has 0 aliphatic carbocycles. The highest BCUT2D eigenvalue weighted by molar-refractivity contribution is 5.94. The summed E-state index contributed by atoms with van der Waals surface area (Å²) in [6, 6.07) is 9.13. The van der Waals surface area contributed by atoms with Crippen LogP contribution in [0.4, 0.5) is 0 Å². The molecule has 2 N–H and O–H groups in total. The van der Waals surface area contributed by atoms with Crippen molar-refractivity contribution < 1.29 is 14.3 Å². The first-order valence-electron chi connectivity index (χ1n) is 6.66. The van der Waals surface area contributed by atoms with E-state index in [2.05, 4.69) is 17.2 Å². The summed E-state index contributed by atoms with van der Waals surface area (Å²) < 4.78 is 5.13. The van der Waals surface area contributed by atoms with Gasteiger partial charge in [-0.05, 0) is 37.6 Å². The number of carbonyl (C=O) groups is 1. The van der Waals surface area contributed by atoms with E-state index in [-0.39, 0.29) is 18.6 Å². The van der Waals surface area contributed by atoms with E-state index in [1.54, 1.807) is 13.0 Å². The number of aryl methyl sites for hydroxylation is 1. The van der Waals surface area contributed by atoms with Crippen LogP contribution in [0.25, 0.3) is 0 Å². The highest BCUT2D eigenvalue weighted by atomic mass is 16.3. The summed E-state index contributed by atoms with van der Waals surface area (Å²) >= 11 is 0. The normalized spacial score (nSPS) is 11.4. The van der Waals surface area contributed by atoms with Gasteiger partial charge in [-0.3, -0.25) is 4.79 Å². The Morgan fingerprint density at radius 1 is 1.38 bits per heavy atom. The lowest BCUT2D eigenvalue weighted by molar-refractivity contribution is 0.0939. The van der Waals surface area contributed by atoms with Crippen LogP contribution in [0.2, 0.25) is 0 Å². The fourth-order valence-corrected chi connectivity index (χ4v) is 1.92. The minimum atomic E-state index is -0.163. The summed E-state index contributed by atoms with van der Waals surface area (Å²) in [6.45, 7) is 3.56. The lowest BCUT2D eigenvalue weighted by atomic mass is 10.1. The van der Waals surface area contributed by atoms with Crippen LogP contribution in [0.1, 0.15) is 40.2 Å². The van der Waals surface area contributed by atoms with Gasteiger partial charge in [0.2, 0.25) is 0 Å². The Labute approximate surface area is 123 Å². The fourth-order valence-electron chi connectivity index (χ4n) is 1.92. The van der Waals surface area contributed by atoms with E-state index in [1.807, 2.05) is 31.2 Å². The standard InChI is InChI=1S/C17H17NO3/c1-12-10-16(11-21-12)17(20)18-13(2)15-7-5-14(6-8-15)4-3-9-19/h5-8,10-11,13,19H,9H2,1-2H3,(H,18,20). The van der Waals surface area contributed by atoms with Gasteiger partial charge in [0.25, 0.3) is 5.91 Å². The van der Waals surface area contributed by atoms with Gasteiger partial charge >= 0.3 is 0 Å². The van der Waals surface area contributed by atoms with Crippen LogP contribution in [0.5, 0.6) is 0 Å². The molecule has 21 heavy (non-hydrogen) atoms. The zero-order valence-electron chi connectivity index (χ0n) is 12.0. The molecule has 1 unspecified atom stereocenters. The third-order valence-electron chi connectivity index (χ3n) is 3.06. The first-order chi connectivity index (χ1) is 10.1. The monoisotopic (exact) mass is 283 g/mol. The quantitative estimate of drug-likeness (QED) is 0.850. The van der Waals surface area contributed by atoms with E-state index in [4.69, 9.17) is 9.52 Å². The second-order valence-corrected chi connectivity index (χ2v) is 4.72. The summed E-state index contributed by atoms with van der Waals surface area (Å²) in [7, 11) is 0. The van der Waals surface area contributed by atoms with Crippen molar-refractivity contribution in [1.82, 2.24) is 5.32 Å². The SMILES string of the molecule is Cc1cc(C(=O)NC(C)c2ccc(C#CCO)cc2)co1. The van der Waals surface area contributed by atoms with Gasteiger partial charge in [0, 0.05) is 5.56 Å². The molecule has 0 fully saturated rings. The number of hydrogen-bond donors (Lipinski definition) is 2. The van der Waals surface area contributed by atoms with Gasteiger partial charge < -0.3 is 14.8 Å². The molecule has 0 saturated carbocycles. The topological polar surface area (TPSA) is 62.5 Å². The zero-order chi connectivity index (χ0) is 15.2. The summed E-state index contributed by atoms with van der Waals surface area (Å²) in [5, 5.41) is 11.6. The summed E-state index contributed by atoms with van der Waals surface area (Å²) in [5.41, 5.74) is 2.33. The van der Waals surface area contributed by atoms with Gasteiger partial charge in [-0.2, -0.15) is 0 Å². The van der Waals surface area contributed by atoms with E-state index < -0.39 is 0 Å². The van der Waals surface area contributed by atoms with Crippen LogP contribution in [0.3, 0.4) is 0 Å². The van der Waals surface area contributed by atoms with Gasteiger partial charge in [0.05, 0.1) is 11.6 Å². The second kappa shape index (κ2) is 6.78. The molecule has 1 heterocycles. The molecule has 0 bridgehead atoms. The van der Waals surface area contributed by atoms with Crippen LogP contribution >= 0.6 is 0 Å². The average Bonchev–Trinajstić information content (AvgIpc) is 2.92. The molecule has 1 atom stereocenters. The van der Waals surface area contributed by atoms with Crippen molar-refractivity contribution in [3.05, 3.63) is 59.0 Å². The molecule has 1 aromatic carbocycles. The third kappa shape index (κ3) is 3.98. The lowest BCUT2D eigenvalue weighted by Gasteiger charge is -2.13. The largest absolute Gasteiger partial charge is 0.469 e. The highest BCUT2D eigenvalue weighted by Gasteiger charge is 2.13. The minimum Gasteiger partial charge on any atom is -0.469 e. The van der Waals surface area contributed by atoms with Crippen molar-refractivity contribution in [2.45, 2.75) is 19.9 Å². The Bertz CT molecular complexity index is 674. The molecule has 2 aromatic rings. The number of rotatable bonds is 3. The number of aliphatic hydroxyl groups is 1. The van der Waals surface area contributed by atoms with Crippen molar-refractivity contribution >= 4 is 5.91 Å². The van der Waals surface area contributed by atoms with E-state index in [1.165, 1.54) is 6.26 Å². The molecule has 4 nitrogen and oxygen atoms in total. The number of nitrogens with one attached hydrogen (secondary N) is 1. The molecule has 1 aromatic heterocycles. The first kappa shape index (κ1) is 14.9. The van der Waals surface area contributed by atoms with Crippen LogP contribution in [0, 0.1) is 18.8 Å². The second-order valence-electron chi connectivity index (χ2n) is 4.72. The number of benzene rings is 1. The molecule has 0 saturated heterocycles. The van der Waals surface area contributed by atoms with Crippen molar-refractivity contribution in [3.8, 4) is 11.8 Å². The Kier molecular flexibility index (Phi) is 4.81. The van der Waals surface area contributed by atoms with Crippen LogP contribution in [-0.2, 0) is 0 Å². The summed E-state index contributed by atoms with van der Waals surface area (Å²) in [4.78, 5) is 12.0. The molecule has 0 radical (unpaired) electrons. The molecule has 0 aliphatic rings. The molecule has 0 aliphatic heterocycles. The Morgan fingerprint density at radius 2 is 2.10 bits per heavy atom. The summed E-state index contributed by atoms with van der Waals surface area (Å²) in [5.74, 6) is 5.97. The van der Waals surface area contributed by atoms with Gasteiger partial charge in [-0.15, -0.1) is 0 Å². The molecule has 108 valence electrons. The number of hydrogen-bond acceptors (Lipinski definition) is 3. The predicted octanol–water partition coefficient (Wildman–Crippen LogP) is 2.42. The van der Waals surface area contributed by atoms with Crippen molar-refractivity contribution in [3.63, 3.8) is 0 Å². The number of furan rings is 1. The maximum atomic E-state index is 12.0. The van der Waals surface area contributed by atoms with Crippen LogP contribution < -0.4 is 5.32 Å². The van der Waals surface area contributed by atoms with E-state index in [0.29, 0.717) is 11.3 Å². The third-order valence-corrected chi connectivity index (χ3v) is 3.06. The Morgan fingerprint density at radius 3 is 2.67 bits per heavy atom. The van der Waals surface area contributed by atoms with Gasteiger partial charge in [-0.1, -0.05) is 24.0 Å². The Hall–Kier alpha value is -2.51. The van der Waals surface area contributed by atoms with Gasteiger partial charge in [0.1, 0.15) is 18.6 Å². The highest BCUT2D eigenvalue weighted by Crippen LogP contribution is 2.15.